The average Bonchev–Trinajstić information content (AvgIpc) is 3.28. The van der Waals surface area contributed by atoms with Crippen molar-refractivity contribution in [3.63, 3.8) is 0 Å². The van der Waals surface area contributed by atoms with Crippen LogP contribution in [0.4, 0.5) is 11.5 Å². The summed E-state index contributed by atoms with van der Waals surface area (Å²) in [7, 11) is 0. The number of amides is 1. The Kier molecular flexibility index (Phi) is 4.69. The summed E-state index contributed by atoms with van der Waals surface area (Å²) < 4.78 is 0. The first-order chi connectivity index (χ1) is 10.0. The maximum absolute atomic E-state index is 12.0. The standard InChI is InChI=1S/C13H19N5O3/c1-2-17(9-3-4-9)6-5-15-13(19)11-7-10(18(20)21)8-16-12(11)14/h7-9H,2-6H2,1H3,(H2,14,16)(H,15,19). The van der Waals surface area contributed by atoms with Gasteiger partial charge in [-0.2, -0.15) is 0 Å². The van der Waals surface area contributed by atoms with Crippen molar-refractivity contribution < 1.29 is 9.72 Å². The summed E-state index contributed by atoms with van der Waals surface area (Å²) in [6.45, 7) is 4.27. The number of hydrogen-bond acceptors (Lipinski definition) is 6. The molecule has 8 heteroatoms. The maximum atomic E-state index is 12.0. The highest BCUT2D eigenvalue weighted by Crippen LogP contribution is 2.25. The molecule has 21 heavy (non-hydrogen) atoms. The number of carbonyl (C=O) groups is 1. The second kappa shape index (κ2) is 6.49. The minimum absolute atomic E-state index is 0.00681. The smallest absolute Gasteiger partial charge is 0.288 e. The van der Waals surface area contributed by atoms with Crippen molar-refractivity contribution in [1.82, 2.24) is 15.2 Å². The van der Waals surface area contributed by atoms with Crippen LogP contribution in [0.25, 0.3) is 0 Å². The zero-order valence-electron chi connectivity index (χ0n) is 11.9. The third-order valence-corrected chi connectivity index (χ3v) is 3.51. The van der Waals surface area contributed by atoms with E-state index in [9.17, 15) is 14.9 Å². The van der Waals surface area contributed by atoms with Crippen molar-refractivity contribution in [1.29, 1.82) is 0 Å². The van der Waals surface area contributed by atoms with Gasteiger partial charge in [0.2, 0.25) is 0 Å². The number of aromatic nitrogens is 1. The normalized spacial score (nSPS) is 14.2. The third kappa shape index (κ3) is 3.88. The number of pyridine rings is 1. The van der Waals surface area contributed by atoms with Gasteiger partial charge in [0.1, 0.15) is 12.0 Å². The van der Waals surface area contributed by atoms with Gasteiger partial charge in [-0.1, -0.05) is 6.92 Å². The van der Waals surface area contributed by atoms with Crippen molar-refractivity contribution in [3.05, 3.63) is 27.9 Å². The number of anilines is 1. The second-order valence-corrected chi connectivity index (χ2v) is 5.00. The molecule has 1 aliphatic rings. The molecular weight excluding hydrogens is 274 g/mol. The molecule has 0 bridgehead atoms. The van der Waals surface area contributed by atoms with E-state index in [0.29, 0.717) is 12.6 Å². The van der Waals surface area contributed by atoms with Crippen molar-refractivity contribution in [2.45, 2.75) is 25.8 Å². The van der Waals surface area contributed by atoms with E-state index in [1.807, 2.05) is 0 Å². The van der Waals surface area contributed by atoms with Gasteiger partial charge in [0.25, 0.3) is 11.6 Å². The first-order valence-electron chi connectivity index (χ1n) is 6.95. The number of nitrogens with one attached hydrogen (secondary N) is 1. The van der Waals surface area contributed by atoms with Crippen LogP contribution in [-0.2, 0) is 0 Å². The first kappa shape index (κ1) is 15.2. The van der Waals surface area contributed by atoms with Gasteiger partial charge < -0.3 is 11.1 Å². The molecule has 114 valence electrons. The lowest BCUT2D eigenvalue weighted by atomic mass is 10.2. The van der Waals surface area contributed by atoms with Crippen LogP contribution in [0, 0.1) is 10.1 Å². The number of nitrogen functional groups attached to an aromatic ring is 1. The van der Waals surface area contributed by atoms with Crippen LogP contribution in [0.15, 0.2) is 12.3 Å². The lowest BCUT2D eigenvalue weighted by Crippen LogP contribution is -2.36. The van der Waals surface area contributed by atoms with Crippen molar-refractivity contribution in [2.75, 3.05) is 25.4 Å². The lowest BCUT2D eigenvalue weighted by Gasteiger charge is -2.19. The van der Waals surface area contributed by atoms with Crippen LogP contribution in [0.2, 0.25) is 0 Å². The maximum Gasteiger partial charge on any atom is 0.288 e. The highest BCUT2D eigenvalue weighted by molar-refractivity contribution is 5.98. The molecule has 1 amide bonds. The van der Waals surface area contributed by atoms with Gasteiger partial charge in [-0.15, -0.1) is 0 Å². The molecule has 0 unspecified atom stereocenters. The highest BCUT2D eigenvalue weighted by atomic mass is 16.6. The molecule has 1 saturated carbocycles. The van der Waals surface area contributed by atoms with Gasteiger partial charge in [-0.05, 0) is 19.4 Å². The number of rotatable bonds is 7. The Morgan fingerprint density at radius 3 is 2.90 bits per heavy atom. The molecular formula is C13H19N5O3. The molecule has 0 radical (unpaired) electrons. The molecule has 1 aromatic heterocycles. The molecule has 0 aliphatic heterocycles. The Labute approximate surface area is 122 Å². The van der Waals surface area contributed by atoms with E-state index in [-0.39, 0.29) is 17.1 Å². The summed E-state index contributed by atoms with van der Waals surface area (Å²) >= 11 is 0. The number of carbonyl (C=O) groups excluding carboxylic acids is 1. The van der Waals surface area contributed by atoms with E-state index in [1.54, 1.807) is 0 Å². The highest BCUT2D eigenvalue weighted by Gasteiger charge is 2.27. The zero-order valence-corrected chi connectivity index (χ0v) is 11.9. The minimum Gasteiger partial charge on any atom is -0.383 e. The van der Waals surface area contributed by atoms with Gasteiger partial charge in [-0.3, -0.25) is 19.8 Å². The summed E-state index contributed by atoms with van der Waals surface area (Å²) in [6.07, 6.45) is 3.46. The summed E-state index contributed by atoms with van der Waals surface area (Å²) in [5.74, 6) is -0.441. The van der Waals surface area contributed by atoms with Crippen LogP contribution in [0.5, 0.6) is 0 Å². The van der Waals surface area contributed by atoms with Crippen LogP contribution in [0.3, 0.4) is 0 Å². The summed E-state index contributed by atoms with van der Waals surface area (Å²) in [4.78, 5) is 28.1. The number of nitro groups is 1. The predicted octanol–water partition coefficient (Wildman–Crippen LogP) is 0.786. The van der Waals surface area contributed by atoms with E-state index in [0.717, 1.165) is 25.4 Å². The Morgan fingerprint density at radius 1 is 1.62 bits per heavy atom. The topological polar surface area (TPSA) is 114 Å². The minimum atomic E-state index is -0.602. The van der Waals surface area contributed by atoms with Crippen LogP contribution in [-0.4, -0.2) is 46.4 Å². The number of nitrogens with two attached hydrogens (primary N) is 1. The molecule has 0 atom stereocenters. The van der Waals surface area contributed by atoms with Gasteiger partial charge in [0.05, 0.1) is 10.5 Å². The van der Waals surface area contributed by atoms with Crippen LogP contribution in [0.1, 0.15) is 30.1 Å². The van der Waals surface area contributed by atoms with Crippen molar-refractivity contribution in [3.8, 4) is 0 Å². The van der Waals surface area contributed by atoms with E-state index >= 15 is 0 Å². The van der Waals surface area contributed by atoms with Crippen LogP contribution < -0.4 is 11.1 Å². The fourth-order valence-corrected chi connectivity index (χ4v) is 2.19. The van der Waals surface area contributed by atoms with E-state index in [4.69, 9.17) is 5.73 Å². The summed E-state index contributed by atoms with van der Waals surface area (Å²) in [5, 5.41) is 13.4. The first-order valence-corrected chi connectivity index (χ1v) is 6.95. The molecule has 0 aromatic carbocycles. The molecule has 8 nitrogen and oxygen atoms in total. The third-order valence-electron chi connectivity index (χ3n) is 3.51. The predicted molar refractivity (Wildman–Crippen MR) is 77.9 cm³/mol. The Bertz CT molecular complexity index is 545. The van der Waals surface area contributed by atoms with Gasteiger partial charge in [0, 0.05) is 25.2 Å². The molecule has 1 fully saturated rings. The SMILES string of the molecule is CCN(CCNC(=O)c1cc([N+](=O)[O-])cnc1N)C1CC1. The molecule has 1 aliphatic carbocycles. The van der Waals surface area contributed by atoms with Crippen molar-refractivity contribution in [2.24, 2.45) is 0 Å². The largest absolute Gasteiger partial charge is 0.383 e. The monoisotopic (exact) mass is 293 g/mol. The molecule has 3 N–H and O–H groups in total. The van der Waals surface area contributed by atoms with Gasteiger partial charge in [-0.25, -0.2) is 4.98 Å². The number of nitrogens with zero attached hydrogens (tertiary/aromatic N) is 3. The fraction of sp³-hybridized carbons (Fsp3) is 0.538. The van der Waals surface area contributed by atoms with Crippen LogP contribution >= 0.6 is 0 Å². The number of likely N-dealkylation sites (N-methyl/N-ethyl adjacent to an activating group) is 1. The fourth-order valence-electron chi connectivity index (χ4n) is 2.19. The molecule has 1 heterocycles. The van der Waals surface area contributed by atoms with E-state index < -0.39 is 10.8 Å². The van der Waals surface area contributed by atoms with Crippen molar-refractivity contribution >= 4 is 17.4 Å². The molecule has 2 rings (SSSR count). The zero-order chi connectivity index (χ0) is 15.4. The molecule has 0 spiro atoms. The number of hydrogen-bond donors (Lipinski definition) is 2. The second-order valence-electron chi connectivity index (χ2n) is 5.00. The Morgan fingerprint density at radius 2 is 2.33 bits per heavy atom. The van der Waals surface area contributed by atoms with E-state index in [1.165, 1.54) is 12.8 Å². The Hall–Kier alpha value is -2.22. The summed E-state index contributed by atoms with van der Waals surface area (Å²) in [5.41, 5.74) is 5.39. The van der Waals surface area contributed by atoms with Gasteiger partial charge >= 0.3 is 0 Å². The lowest BCUT2D eigenvalue weighted by molar-refractivity contribution is -0.385. The van der Waals surface area contributed by atoms with E-state index in [2.05, 4.69) is 22.1 Å². The molecule has 0 saturated heterocycles. The Balaban J connectivity index is 1.93. The quantitative estimate of drug-likeness (QED) is 0.567. The average molecular weight is 293 g/mol. The van der Waals surface area contributed by atoms with Gasteiger partial charge in [0.15, 0.2) is 0 Å². The summed E-state index contributed by atoms with van der Waals surface area (Å²) in [6, 6.07) is 1.78. The molecule has 1 aromatic rings.